The van der Waals surface area contributed by atoms with Crippen LogP contribution < -0.4 is 134 Å². The normalized spacial score (nSPS) is 11.6. The van der Waals surface area contributed by atoms with Gasteiger partial charge in [0.2, 0.25) is 0 Å². The topological polar surface area (TPSA) is 380 Å². The number of aliphatic hydroxyl groups excluding tert-OH is 1. The second kappa shape index (κ2) is 25.7. The average molecular weight is 991 g/mol. The van der Waals surface area contributed by atoms with Gasteiger partial charge in [-0.05, 0) is 76.8 Å². The third-order valence-electron chi connectivity index (χ3n) is 7.01. The zero-order valence-corrected chi connectivity index (χ0v) is 43.9. The number of rotatable bonds is 12. The Morgan fingerprint density at radius 3 is 1.67 bits per heavy atom. The van der Waals surface area contributed by atoms with E-state index in [1.54, 1.807) is 0 Å². The minimum atomic E-state index is -5.29. The van der Waals surface area contributed by atoms with E-state index in [1.165, 1.54) is 36.4 Å². The number of hydrogen-bond acceptors (Lipinski definition) is 20. The monoisotopic (exact) mass is 990 g/mol. The summed E-state index contributed by atoms with van der Waals surface area (Å²) in [5.41, 5.74) is 4.88. The van der Waals surface area contributed by atoms with Gasteiger partial charge in [-0.25, -0.2) is 33.7 Å². The van der Waals surface area contributed by atoms with Gasteiger partial charge in [-0.15, -0.1) is 11.7 Å². The van der Waals surface area contributed by atoms with Gasteiger partial charge in [0.05, 0.1) is 53.3 Å². The summed E-state index contributed by atoms with van der Waals surface area (Å²) < 4.78 is 138. The fraction of sp³-hybridized carbons (Fsp3) is 0.133. The van der Waals surface area contributed by atoms with Crippen LogP contribution in [0, 0.1) is 0 Å². The number of anilines is 1. The molecule has 1 radical (unpaired) electrons. The Bertz CT molecular complexity index is 2820. The van der Waals surface area contributed by atoms with Crippen LogP contribution >= 0.6 is 0 Å². The van der Waals surface area contributed by atoms with Crippen LogP contribution in [0.3, 0.4) is 0 Å². The SMILES string of the molecule is O=S(=O)([O-])CCNc1ccc2cc(S(=O)(=O)[O-])c(N=Nc3ccc(N=Nc4ccc5cc(S(=O)(=O)[O-])cc(S(=O)(=O)[O-])c5c4)cc3[O-])c([O-])c2c1.[Cu+2].[NH-]CCO.[Na+].[Na+].[Na+].[Na+]. The zero-order valence-electron chi connectivity index (χ0n) is 31.6. The molecule has 0 aromatic heterocycles. The van der Waals surface area contributed by atoms with Crippen molar-refractivity contribution in [1.82, 2.24) is 0 Å². The molecular weight excluding hydrogens is 968 g/mol. The molecule has 303 valence electrons. The molecule has 0 aliphatic carbocycles. The summed E-state index contributed by atoms with van der Waals surface area (Å²) in [5.74, 6) is -2.70. The molecule has 5 aromatic carbocycles. The molecule has 0 amide bonds. The number of azo groups is 2. The summed E-state index contributed by atoms with van der Waals surface area (Å²) in [4.78, 5) is -2.96. The van der Waals surface area contributed by atoms with Crippen molar-refractivity contribution >= 4 is 90.5 Å². The predicted molar refractivity (Wildman–Crippen MR) is 185 cm³/mol. The number of fused-ring (bicyclic) bond motifs is 2. The van der Waals surface area contributed by atoms with Gasteiger partial charge in [0, 0.05) is 24.2 Å². The molecule has 30 heteroatoms. The first-order chi connectivity index (χ1) is 25.5. The van der Waals surface area contributed by atoms with E-state index in [2.05, 4.69) is 25.8 Å². The van der Waals surface area contributed by atoms with Crippen molar-refractivity contribution in [3.63, 3.8) is 0 Å². The Labute approximate surface area is 442 Å². The van der Waals surface area contributed by atoms with Gasteiger partial charge in [-0.3, -0.25) is 0 Å². The molecule has 60 heavy (non-hydrogen) atoms. The minimum absolute atomic E-state index is 0. The van der Waals surface area contributed by atoms with E-state index in [1.807, 2.05) is 0 Å². The third kappa shape index (κ3) is 17.4. The van der Waals surface area contributed by atoms with Gasteiger partial charge in [0.25, 0.3) is 0 Å². The fourth-order valence-corrected chi connectivity index (χ4v) is 6.93. The summed E-state index contributed by atoms with van der Waals surface area (Å²) in [7, 11) is -20.2. The van der Waals surface area contributed by atoms with Crippen molar-refractivity contribution in [3.8, 4) is 11.5 Å². The number of nitrogens with zero attached hydrogens (tertiary/aromatic N) is 4. The molecule has 0 unspecified atom stereocenters. The van der Waals surface area contributed by atoms with Crippen LogP contribution in [0.15, 0.2) is 108 Å². The van der Waals surface area contributed by atoms with Crippen LogP contribution in [0.2, 0.25) is 0 Å². The van der Waals surface area contributed by atoms with E-state index < -0.39 is 83.8 Å². The Balaban J connectivity index is 0. The van der Waals surface area contributed by atoms with Gasteiger partial charge in [0.15, 0.2) is 0 Å². The quantitative estimate of drug-likeness (QED) is 0.0666. The van der Waals surface area contributed by atoms with Crippen LogP contribution in [0.4, 0.5) is 28.4 Å². The maximum Gasteiger partial charge on any atom is 2.00 e. The Kier molecular flexibility index (Phi) is 26.3. The third-order valence-corrected chi connectivity index (χ3v) is 10.3. The Morgan fingerprint density at radius 2 is 1.15 bits per heavy atom. The van der Waals surface area contributed by atoms with E-state index in [4.69, 9.17) is 10.8 Å². The molecular formula is C30H23CuN6Na4O15S4-. The maximum atomic E-state index is 13.3. The van der Waals surface area contributed by atoms with Crippen LogP contribution in [0.25, 0.3) is 27.3 Å². The first kappa shape index (κ1) is 61.4. The van der Waals surface area contributed by atoms with E-state index in [9.17, 15) is 62.1 Å². The molecule has 0 saturated carbocycles. The smallest absolute Gasteiger partial charge is 0.871 e. The Hall–Kier alpha value is -0.701. The number of hydrogen-bond donors (Lipinski definition) is 2. The van der Waals surface area contributed by atoms with Crippen LogP contribution in [-0.4, -0.2) is 82.4 Å². The Morgan fingerprint density at radius 1 is 0.617 bits per heavy atom. The molecule has 0 aliphatic heterocycles. The van der Waals surface area contributed by atoms with Crippen molar-refractivity contribution in [1.29, 1.82) is 0 Å². The molecule has 0 spiro atoms. The largest absolute Gasteiger partial charge is 2.00 e. The molecule has 0 aliphatic rings. The van der Waals surface area contributed by atoms with E-state index in [-0.39, 0.29) is 194 Å². The summed E-state index contributed by atoms with van der Waals surface area (Å²) in [6.45, 7) is -0.194. The van der Waals surface area contributed by atoms with E-state index >= 15 is 0 Å². The standard InChI is InChI=1S/C28H23N5O14S4.C2H6NO.Cu.4Na/c34-24-13-19(31-30-18-4-2-15-9-20(49(39,40)41)14-25(21(15)12-18)50(42,43)44)5-6-23(24)32-33-27-26(51(45,46)47)10-16-1-3-17(11-22(16)28(27)35)29-7-8-48(36,37)38;3-1-2-4;;;;;/h1-6,9-14,29,34-35H,7-8H2,(H,36,37,38)(H,39,40,41)(H,42,43,44)(H,45,46,47);3-4H,1-2H2;;;;;/q;-1;+2;4*+1/p-6. The average Bonchev–Trinajstić information content (AvgIpc) is 3.08. The van der Waals surface area contributed by atoms with Gasteiger partial charge in [0.1, 0.15) is 30.4 Å². The number of benzene rings is 5. The first-order valence-corrected chi connectivity index (χ1v) is 20.6. The van der Waals surface area contributed by atoms with Crippen molar-refractivity contribution in [2.45, 2.75) is 14.7 Å². The van der Waals surface area contributed by atoms with E-state index in [0.717, 1.165) is 30.3 Å². The molecule has 0 fully saturated rings. The number of aliphatic hydroxyl groups is 1. The van der Waals surface area contributed by atoms with Crippen molar-refractivity contribution in [2.75, 3.05) is 30.8 Å². The molecule has 0 atom stereocenters. The number of nitrogens with one attached hydrogen (secondary N) is 2. The van der Waals surface area contributed by atoms with Crippen LogP contribution in [-0.2, 0) is 57.5 Å². The van der Waals surface area contributed by atoms with Crippen LogP contribution in [0.5, 0.6) is 11.5 Å². The molecule has 5 aromatic rings. The minimum Gasteiger partial charge on any atom is -0.871 e. The summed E-state index contributed by atoms with van der Waals surface area (Å²) in [6, 6.07) is 12.7. The summed E-state index contributed by atoms with van der Waals surface area (Å²) in [5, 5.41) is 50.7. The van der Waals surface area contributed by atoms with Crippen molar-refractivity contribution in [3.05, 3.63) is 78.5 Å². The molecule has 0 bridgehead atoms. The predicted octanol–water partition coefficient (Wildman–Crippen LogP) is -9.32. The molecule has 0 saturated heterocycles. The molecule has 3 N–H and O–H groups in total. The van der Waals surface area contributed by atoms with Gasteiger partial charge >= 0.3 is 135 Å². The van der Waals surface area contributed by atoms with Gasteiger partial charge in [-0.1, -0.05) is 23.6 Å². The molecule has 0 heterocycles. The second-order valence-corrected chi connectivity index (χ2v) is 16.5. The summed E-state index contributed by atoms with van der Waals surface area (Å²) >= 11 is 0. The first-order valence-electron chi connectivity index (χ1n) is 14.8. The molecule has 21 nitrogen and oxygen atoms in total. The van der Waals surface area contributed by atoms with Crippen molar-refractivity contribution in [2.24, 2.45) is 20.5 Å². The van der Waals surface area contributed by atoms with Crippen LogP contribution in [0.1, 0.15) is 0 Å². The molecule has 5 rings (SSSR count). The van der Waals surface area contributed by atoms with Gasteiger partial charge < -0.3 is 44.6 Å². The zero-order chi connectivity index (χ0) is 40.9. The summed E-state index contributed by atoms with van der Waals surface area (Å²) in [6.07, 6.45) is 0. The second-order valence-electron chi connectivity index (χ2n) is 10.9. The fourth-order valence-electron chi connectivity index (χ4n) is 4.61. The van der Waals surface area contributed by atoms with Gasteiger partial charge in [-0.2, -0.15) is 15.3 Å². The van der Waals surface area contributed by atoms with E-state index in [0.29, 0.717) is 6.07 Å². The maximum absolute atomic E-state index is 13.3. The van der Waals surface area contributed by atoms with Crippen molar-refractivity contribution < 1.29 is 202 Å².